The molecule has 0 saturated heterocycles. The number of carboxylic acid groups (broad SMARTS) is 1. The number of carbonyl (C=O) groups is 1. The molecule has 0 atom stereocenters. The maximum Gasteiger partial charge on any atom is 0.412 e. The van der Waals surface area contributed by atoms with Gasteiger partial charge in [0.05, 0.1) is 16.5 Å². The molecule has 1 aliphatic heterocycles. The zero-order valence-electron chi connectivity index (χ0n) is 12.0. The maximum atomic E-state index is 11.5. The third kappa shape index (κ3) is 4.45. The number of benzene rings is 1. The van der Waals surface area contributed by atoms with E-state index in [1.807, 2.05) is 0 Å². The highest BCUT2D eigenvalue weighted by molar-refractivity contribution is 8.14. The van der Waals surface area contributed by atoms with Gasteiger partial charge in [0.2, 0.25) is 0 Å². The van der Waals surface area contributed by atoms with Crippen molar-refractivity contribution in [3.63, 3.8) is 0 Å². The predicted molar refractivity (Wildman–Crippen MR) is 87.1 cm³/mol. The fraction of sp³-hybridized carbons (Fsp3) is 0.429. The van der Waals surface area contributed by atoms with Gasteiger partial charge in [-0.15, -0.1) is 11.8 Å². The van der Waals surface area contributed by atoms with Crippen molar-refractivity contribution in [2.24, 2.45) is 4.99 Å². The second kappa shape index (κ2) is 7.79. The molecular formula is C14H17N3O4S. The molecule has 7 nitrogen and oxygen atoms in total. The number of rotatable bonds is 4. The lowest BCUT2D eigenvalue weighted by molar-refractivity contribution is -0.384. The summed E-state index contributed by atoms with van der Waals surface area (Å²) in [5, 5.41) is 20.8. The van der Waals surface area contributed by atoms with Crippen molar-refractivity contribution in [2.75, 3.05) is 23.7 Å². The van der Waals surface area contributed by atoms with Crippen molar-refractivity contribution < 1.29 is 14.8 Å². The van der Waals surface area contributed by atoms with Crippen LogP contribution < -0.4 is 4.90 Å². The molecule has 1 aromatic rings. The summed E-state index contributed by atoms with van der Waals surface area (Å²) in [6.45, 7) is 0.897. The predicted octanol–water partition coefficient (Wildman–Crippen LogP) is 3.39. The molecule has 0 aromatic heterocycles. The molecule has 0 bridgehead atoms. The monoisotopic (exact) mass is 323 g/mol. The fourth-order valence-corrected chi connectivity index (χ4v) is 3.07. The second-order valence-corrected chi connectivity index (χ2v) is 5.99. The molecule has 0 saturated carbocycles. The molecule has 1 heterocycles. The van der Waals surface area contributed by atoms with Crippen LogP contribution in [0.5, 0.6) is 0 Å². The number of amides is 1. The van der Waals surface area contributed by atoms with Crippen LogP contribution in [0.4, 0.5) is 16.2 Å². The van der Waals surface area contributed by atoms with E-state index in [-0.39, 0.29) is 12.2 Å². The van der Waals surface area contributed by atoms with Crippen molar-refractivity contribution in [1.29, 1.82) is 0 Å². The van der Waals surface area contributed by atoms with Crippen LogP contribution in [0.15, 0.2) is 29.3 Å². The van der Waals surface area contributed by atoms with Gasteiger partial charge in [0.15, 0.2) is 0 Å². The largest absolute Gasteiger partial charge is 0.465 e. The van der Waals surface area contributed by atoms with Crippen LogP contribution in [-0.2, 0) is 0 Å². The summed E-state index contributed by atoms with van der Waals surface area (Å²) in [5.41, 5.74) is 0.343. The zero-order chi connectivity index (χ0) is 15.9. The van der Waals surface area contributed by atoms with E-state index in [4.69, 9.17) is 0 Å². The summed E-state index contributed by atoms with van der Waals surface area (Å²) in [5.74, 6) is 0.937. The Morgan fingerprint density at radius 1 is 1.32 bits per heavy atom. The molecule has 1 aromatic carbocycles. The number of thioether (sulfide) groups is 1. The number of nitro groups is 1. The molecule has 0 radical (unpaired) electrons. The molecule has 22 heavy (non-hydrogen) atoms. The molecule has 1 N–H and O–H groups in total. The summed E-state index contributed by atoms with van der Waals surface area (Å²) in [6, 6.07) is 5.50. The number of nitro benzene ring substituents is 1. The standard InChI is InChI=1S/C14H17N3O4S/c18-14(19)16(10-13-15-8-2-1-3-9-22-13)11-4-6-12(7-5-11)17(20)21/h4-7H,1-3,8-10H2,(H,18,19). The molecule has 0 aliphatic carbocycles. The van der Waals surface area contributed by atoms with Crippen LogP contribution in [0.3, 0.4) is 0 Å². The van der Waals surface area contributed by atoms with Crippen LogP contribution in [0.25, 0.3) is 0 Å². The Morgan fingerprint density at radius 2 is 2.05 bits per heavy atom. The van der Waals surface area contributed by atoms with E-state index in [1.54, 1.807) is 11.8 Å². The molecule has 1 amide bonds. The lowest BCUT2D eigenvalue weighted by Gasteiger charge is -2.20. The van der Waals surface area contributed by atoms with E-state index < -0.39 is 11.0 Å². The van der Waals surface area contributed by atoms with Crippen LogP contribution in [0.1, 0.15) is 19.3 Å². The highest BCUT2D eigenvalue weighted by atomic mass is 32.2. The highest BCUT2D eigenvalue weighted by Gasteiger charge is 2.18. The topological polar surface area (TPSA) is 96.0 Å². The minimum atomic E-state index is -1.10. The Balaban J connectivity index is 2.15. The van der Waals surface area contributed by atoms with Gasteiger partial charge in [-0.3, -0.25) is 20.0 Å². The molecule has 1 aliphatic rings. The smallest absolute Gasteiger partial charge is 0.412 e. The first-order chi connectivity index (χ1) is 10.6. The average molecular weight is 323 g/mol. The molecular weight excluding hydrogens is 306 g/mol. The van der Waals surface area contributed by atoms with Crippen molar-refractivity contribution in [3.8, 4) is 0 Å². The van der Waals surface area contributed by atoms with E-state index in [0.29, 0.717) is 5.69 Å². The summed E-state index contributed by atoms with van der Waals surface area (Å²) in [4.78, 5) is 27.2. The van der Waals surface area contributed by atoms with E-state index in [0.717, 1.165) is 41.5 Å². The van der Waals surface area contributed by atoms with Crippen LogP contribution in [-0.4, -0.2) is 40.0 Å². The van der Waals surface area contributed by atoms with Gasteiger partial charge in [0.25, 0.3) is 5.69 Å². The van der Waals surface area contributed by atoms with Gasteiger partial charge in [0, 0.05) is 24.4 Å². The number of nitrogens with zero attached hydrogens (tertiary/aromatic N) is 3. The van der Waals surface area contributed by atoms with Gasteiger partial charge >= 0.3 is 6.09 Å². The van der Waals surface area contributed by atoms with Crippen molar-refractivity contribution in [1.82, 2.24) is 0 Å². The minimum absolute atomic E-state index is 0.0632. The van der Waals surface area contributed by atoms with E-state index >= 15 is 0 Å². The SMILES string of the molecule is O=C(O)N(CC1=NCCCCCS1)c1ccc([N+](=O)[O-])cc1. The summed E-state index contributed by atoms with van der Waals surface area (Å²) in [7, 11) is 0. The molecule has 0 fully saturated rings. The number of non-ortho nitro benzene ring substituents is 1. The molecule has 0 spiro atoms. The maximum absolute atomic E-state index is 11.5. The number of anilines is 1. The summed E-state index contributed by atoms with van der Waals surface area (Å²) < 4.78 is 0. The Labute approximate surface area is 132 Å². The first-order valence-electron chi connectivity index (χ1n) is 6.99. The first-order valence-corrected chi connectivity index (χ1v) is 7.97. The van der Waals surface area contributed by atoms with E-state index in [1.165, 1.54) is 24.3 Å². The summed E-state index contributed by atoms with van der Waals surface area (Å²) in [6.07, 6.45) is 2.18. The van der Waals surface area contributed by atoms with Gasteiger partial charge in [-0.05, 0) is 30.7 Å². The van der Waals surface area contributed by atoms with Gasteiger partial charge < -0.3 is 5.11 Å². The van der Waals surface area contributed by atoms with Gasteiger partial charge in [-0.1, -0.05) is 6.42 Å². The van der Waals surface area contributed by atoms with Crippen LogP contribution >= 0.6 is 11.8 Å². The lowest BCUT2D eigenvalue weighted by atomic mass is 10.2. The normalized spacial score (nSPS) is 15.4. The van der Waals surface area contributed by atoms with E-state index in [2.05, 4.69) is 4.99 Å². The Kier molecular flexibility index (Phi) is 5.76. The molecule has 2 rings (SSSR count). The Bertz CT molecular complexity index is 574. The first kappa shape index (κ1) is 16.3. The lowest BCUT2D eigenvalue weighted by Crippen LogP contribution is -2.34. The van der Waals surface area contributed by atoms with Crippen molar-refractivity contribution in [2.45, 2.75) is 19.3 Å². The van der Waals surface area contributed by atoms with E-state index in [9.17, 15) is 20.0 Å². The zero-order valence-corrected chi connectivity index (χ0v) is 12.8. The minimum Gasteiger partial charge on any atom is -0.465 e. The number of hydrogen-bond acceptors (Lipinski definition) is 5. The van der Waals surface area contributed by atoms with Crippen LogP contribution in [0.2, 0.25) is 0 Å². The number of hydrogen-bond donors (Lipinski definition) is 1. The van der Waals surface area contributed by atoms with Crippen molar-refractivity contribution >= 4 is 34.3 Å². The molecule has 8 heteroatoms. The van der Waals surface area contributed by atoms with Gasteiger partial charge in [0.1, 0.15) is 0 Å². The molecule has 0 unspecified atom stereocenters. The fourth-order valence-electron chi connectivity index (χ4n) is 2.08. The quantitative estimate of drug-likeness (QED) is 0.676. The number of aliphatic imine (C=N–C) groups is 1. The third-order valence-corrected chi connectivity index (χ3v) is 4.34. The Morgan fingerprint density at radius 3 is 2.68 bits per heavy atom. The highest BCUT2D eigenvalue weighted by Crippen LogP contribution is 2.21. The second-order valence-electron chi connectivity index (χ2n) is 4.83. The van der Waals surface area contributed by atoms with Crippen LogP contribution in [0, 0.1) is 10.1 Å². The Hall–Kier alpha value is -2.09. The van der Waals surface area contributed by atoms with Gasteiger partial charge in [-0.25, -0.2) is 4.79 Å². The average Bonchev–Trinajstić information content (AvgIpc) is 2.46. The van der Waals surface area contributed by atoms with Gasteiger partial charge in [-0.2, -0.15) is 0 Å². The van der Waals surface area contributed by atoms with Crippen molar-refractivity contribution in [3.05, 3.63) is 34.4 Å². The summed E-state index contributed by atoms with van der Waals surface area (Å²) >= 11 is 1.58. The molecule has 118 valence electrons. The third-order valence-electron chi connectivity index (χ3n) is 3.26.